The van der Waals surface area contributed by atoms with Crippen LogP contribution < -0.4 is 0 Å². The largest absolute Gasteiger partial charge is 0.478 e. The Kier molecular flexibility index (Phi) is 2.25. The van der Waals surface area contributed by atoms with Crippen molar-refractivity contribution in [3.05, 3.63) is 38.9 Å². The van der Waals surface area contributed by atoms with Gasteiger partial charge in [0.1, 0.15) is 0 Å². The van der Waals surface area contributed by atoms with Gasteiger partial charge in [-0.15, -0.1) is 0 Å². The molecule has 2 nitrogen and oxygen atoms in total. The Balaban J connectivity index is 2.73. The van der Waals surface area contributed by atoms with Gasteiger partial charge in [0, 0.05) is 5.02 Å². The monoisotopic (exact) mass is 228 g/mol. The Bertz CT molecular complexity index is 450. The zero-order valence-electron chi connectivity index (χ0n) is 7.05. The van der Waals surface area contributed by atoms with Crippen molar-refractivity contribution in [1.82, 2.24) is 0 Å². The fourth-order valence-corrected chi connectivity index (χ4v) is 2.12. The maximum atomic E-state index is 10.8. The summed E-state index contributed by atoms with van der Waals surface area (Å²) in [5.41, 5.74) is 1.69. The van der Waals surface area contributed by atoms with E-state index in [2.05, 4.69) is 0 Å². The van der Waals surface area contributed by atoms with Crippen LogP contribution in [0.4, 0.5) is 0 Å². The second-order valence-corrected chi connectivity index (χ2v) is 3.81. The summed E-state index contributed by atoms with van der Waals surface area (Å²) < 4.78 is 0. The van der Waals surface area contributed by atoms with Crippen LogP contribution in [0.15, 0.2) is 12.1 Å². The van der Waals surface area contributed by atoms with Gasteiger partial charge in [-0.05, 0) is 23.6 Å². The maximum Gasteiger partial charge on any atom is 0.337 e. The number of halogens is 2. The van der Waals surface area contributed by atoms with E-state index in [1.54, 1.807) is 6.08 Å². The van der Waals surface area contributed by atoms with Crippen LogP contribution in [0.2, 0.25) is 10.0 Å². The molecule has 0 bridgehead atoms. The zero-order valence-corrected chi connectivity index (χ0v) is 8.56. The minimum atomic E-state index is -1.06. The molecule has 0 fully saturated rings. The predicted molar refractivity (Wildman–Crippen MR) is 56.2 cm³/mol. The summed E-state index contributed by atoms with van der Waals surface area (Å²) in [7, 11) is 0. The minimum Gasteiger partial charge on any atom is -0.478 e. The number of benzene rings is 1. The van der Waals surface area contributed by atoms with Crippen LogP contribution in [0, 0.1) is 0 Å². The number of fused-ring (bicyclic) bond motifs is 1. The summed E-state index contributed by atoms with van der Waals surface area (Å²) in [4.78, 5) is 10.8. The van der Waals surface area contributed by atoms with E-state index in [0.29, 0.717) is 11.4 Å². The van der Waals surface area contributed by atoms with Crippen molar-refractivity contribution in [2.75, 3.05) is 0 Å². The lowest BCUT2D eigenvalue weighted by Crippen LogP contribution is -2.00. The van der Waals surface area contributed by atoms with Crippen LogP contribution in [0.5, 0.6) is 0 Å². The van der Waals surface area contributed by atoms with Gasteiger partial charge < -0.3 is 5.11 Å². The van der Waals surface area contributed by atoms with Gasteiger partial charge in [0.05, 0.1) is 10.6 Å². The molecule has 0 radical (unpaired) electrons. The van der Waals surface area contributed by atoms with Gasteiger partial charge >= 0.3 is 5.97 Å². The van der Waals surface area contributed by atoms with E-state index < -0.39 is 5.97 Å². The van der Waals surface area contributed by atoms with E-state index in [1.807, 2.05) is 6.08 Å². The highest BCUT2D eigenvalue weighted by Crippen LogP contribution is 2.35. The molecule has 1 aromatic carbocycles. The SMILES string of the molecule is O=C(O)c1cc(Cl)c2c(c1Cl)C=CC2. The number of rotatable bonds is 1. The second-order valence-electron chi connectivity index (χ2n) is 3.02. The third-order valence-electron chi connectivity index (χ3n) is 2.19. The van der Waals surface area contributed by atoms with Crippen molar-refractivity contribution in [2.24, 2.45) is 0 Å². The molecule has 0 saturated heterocycles. The van der Waals surface area contributed by atoms with Crippen LogP contribution in [-0.2, 0) is 6.42 Å². The van der Waals surface area contributed by atoms with Gasteiger partial charge in [-0.3, -0.25) is 0 Å². The molecule has 0 spiro atoms. The quantitative estimate of drug-likeness (QED) is 0.802. The summed E-state index contributed by atoms with van der Waals surface area (Å²) in [6, 6.07) is 1.40. The molecule has 0 atom stereocenters. The first-order chi connectivity index (χ1) is 6.61. The van der Waals surface area contributed by atoms with E-state index >= 15 is 0 Å². The average molecular weight is 229 g/mol. The summed E-state index contributed by atoms with van der Waals surface area (Å²) in [6.45, 7) is 0. The molecule has 0 amide bonds. The number of hydrogen-bond acceptors (Lipinski definition) is 1. The molecule has 1 N–H and O–H groups in total. The third-order valence-corrected chi connectivity index (χ3v) is 2.94. The number of hydrogen-bond donors (Lipinski definition) is 1. The van der Waals surface area contributed by atoms with Crippen molar-refractivity contribution in [3.63, 3.8) is 0 Å². The van der Waals surface area contributed by atoms with E-state index in [-0.39, 0.29) is 10.6 Å². The van der Waals surface area contributed by atoms with Crippen LogP contribution in [0.25, 0.3) is 6.08 Å². The molecule has 1 aromatic rings. The van der Waals surface area contributed by atoms with Gasteiger partial charge in [0.2, 0.25) is 0 Å². The summed E-state index contributed by atoms with van der Waals surface area (Å²) in [5, 5.41) is 9.59. The molecular formula is C10H6Cl2O2. The lowest BCUT2D eigenvalue weighted by molar-refractivity contribution is 0.0697. The molecule has 4 heteroatoms. The molecule has 0 aromatic heterocycles. The second kappa shape index (κ2) is 3.30. The number of carboxylic acid groups (broad SMARTS) is 1. The maximum absolute atomic E-state index is 10.8. The Morgan fingerprint density at radius 3 is 2.79 bits per heavy atom. The highest BCUT2D eigenvalue weighted by Gasteiger charge is 2.19. The summed E-state index contributed by atoms with van der Waals surface area (Å²) >= 11 is 11.9. The summed E-state index contributed by atoms with van der Waals surface area (Å²) in [6.07, 6.45) is 4.43. The molecule has 0 heterocycles. The van der Waals surface area contributed by atoms with Crippen molar-refractivity contribution in [1.29, 1.82) is 0 Å². The Morgan fingerprint density at radius 2 is 2.14 bits per heavy atom. The topological polar surface area (TPSA) is 37.3 Å². The molecule has 1 aliphatic carbocycles. The highest BCUT2D eigenvalue weighted by molar-refractivity contribution is 6.37. The van der Waals surface area contributed by atoms with Gasteiger partial charge in [0.25, 0.3) is 0 Å². The van der Waals surface area contributed by atoms with Gasteiger partial charge in [-0.1, -0.05) is 35.4 Å². The Hall–Kier alpha value is -0.990. The molecular weight excluding hydrogens is 223 g/mol. The Morgan fingerprint density at radius 1 is 1.43 bits per heavy atom. The first-order valence-corrected chi connectivity index (χ1v) is 4.77. The van der Waals surface area contributed by atoms with Crippen LogP contribution in [-0.4, -0.2) is 11.1 Å². The average Bonchev–Trinajstić information content (AvgIpc) is 2.59. The minimum absolute atomic E-state index is 0.0574. The standard InChI is InChI=1S/C10H6Cl2O2/c11-8-4-7(10(13)14)9(12)6-3-1-2-5(6)8/h1,3-4H,2H2,(H,13,14). The molecule has 14 heavy (non-hydrogen) atoms. The third kappa shape index (κ3) is 1.31. The molecule has 2 rings (SSSR count). The van der Waals surface area contributed by atoms with Crippen molar-refractivity contribution < 1.29 is 9.90 Å². The van der Waals surface area contributed by atoms with E-state index in [4.69, 9.17) is 28.3 Å². The first kappa shape index (κ1) is 9.56. The zero-order chi connectivity index (χ0) is 10.3. The van der Waals surface area contributed by atoms with Gasteiger partial charge in [-0.2, -0.15) is 0 Å². The number of carbonyl (C=O) groups is 1. The highest BCUT2D eigenvalue weighted by atomic mass is 35.5. The fraction of sp³-hybridized carbons (Fsp3) is 0.100. The normalized spacial score (nSPS) is 13.0. The van der Waals surface area contributed by atoms with Crippen molar-refractivity contribution >= 4 is 35.2 Å². The van der Waals surface area contributed by atoms with Gasteiger partial charge in [0.15, 0.2) is 0 Å². The van der Waals surface area contributed by atoms with Crippen LogP contribution in [0.3, 0.4) is 0 Å². The molecule has 1 aliphatic rings. The van der Waals surface area contributed by atoms with E-state index in [0.717, 1.165) is 11.1 Å². The van der Waals surface area contributed by atoms with E-state index in [9.17, 15) is 4.79 Å². The van der Waals surface area contributed by atoms with Gasteiger partial charge in [-0.25, -0.2) is 4.79 Å². The fourth-order valence-electron chi connectivity index (χ4n) is 1.51. The molecule has 0 unspecified atom stereocenters. The number of aromatic carboxylic acids is 1. The summed E-state index contributed by atoms with van der Waals surface area (Å²) in [5.74, 6) is -1.06. The van der Waals surface area contributed by atoms with Crippen molar-refractivity contribution in [3.8, 4) is 0 Å². The lowest BCUT2D eigenvalue weighted by atomic mass is 10.1. The smallest absolute Gasteiger partial charge is 0.337 e. The number of carboxylic acids is 1. The number of allylic oxidation sites excluding steroid dienone is 1. The Labute approximate surface area is 90.8 Å². The first-order valence-electron chi connectivity index (χ1n) is 4.02. The molecule has 72 valence electrons. The van der Waals surface area contributed by atoms with Crippen molar-refractivity contribution in [2.45, 2.75) is 6.42 Å². The lowest BCUT2D eigenvalue weighted by Gasteiger charge is -2.07. The molecule has 0 saturated carbocycles. The molecule has 0 aliphatic heterocycles. The van der Waals surface area contributed by atoms with Crippen LogP contribution in [0.1, 0.15) is 21.5 Å². The van der Waals surface area contributed by atoms with Crippen LogP contribution >= 0.6 is 23.2 Å². The van der Waals surface area contributed by atoms with E-state index in [1.165, 1.54) is 6.07 Å². The predicted octanol–water partition coefficient (Wildman–Crippen LogP) is 3.26.